The molecule has 0 radical (unpaired) electrons. The molecule has 0 aliphatic heterocycles. The van der Waals surface area contributed by atoms with Crippen molar-refractivity contribution >= 4 is 5.78 Å². The molecule has 1 rings (SSSR count). The number of aryl methyl sites for hydroxylation is 1. The van der Waals surface area contributed by atoms with E-state index in [1.807, 2.05) is 25.1 Å². The van der Waals surface area contributed by atoms with Crippen LogP contribution in [0, 0.1) is 18.3 Å². The van der Waals surface area contributed by atoms with Gasteiger partial charge in [-0.1, -0.05) is 17.7 Å². The van der Waals surface area contributed by atoms with Crippen molar-refractivity contribution in [2.45, 2.75) is 19.3 Å². The molecule has 96 valence electrons. The molecule has 0 spiro atoms. The van der Waals surface area contributed by atoms with Gasteiger partial charge in [0.05, 0.1) is 19.8 Å². The molecule has 0 saturated heterocycles. The number of nitriles is 1. The molecular weight excluding hydrogens is 230 g/mol. The van der Waals surface area contributed by atoms with Gasteiger partial charge in [0, 0.05) is 19.1 Å². The zero-order valence-corrected chi connectivity index (χ0v) is 10.9. The largest absolute Gasteiger partial charge is 0.496 e. The lowest BCUT2D eigenvalue weighted by Gasteiger charge is -2.13. The highest BCUT2D eigenvalue weighted by Crippen LogP contribution is 2.28. The number of carbonyl (C=O) groups excluding carboxylic acids is 1. The van der Waals surface area contributed by atoms with Gasteiger partial charge < -0.3 is 9.47 Å². The van der Waals surface area contributed by atoms with E-state index >= 15 is 0 Å². The number of ketones is 1. The Kier molecular flexibility index (Phi) is 5.34. The van der Waals surface area contributed by atoms with Crippen molar-refractivity contribution in [1.29, 1.82) is 5.26 Å². The van der Waals surface area contributed by atoms with Crippen molar-refractivity contribution in [2.75, 3.05) is 20.8 Å². The average molecular weight is 247 g/mol. The van der Waals surface area contributed by atoms with Crippen molar-refractivity contribution in [3.8, 4) is 11.8 Å². The van der Waals surface area contributed by atoms with Crippen LogP contribution in [0.4, 0.5) is 0 Å². The van der Waals surface area contributed by atoms with Gasteiger partial charge in [0.15, 0.2) is 5.78 Å². The third-order valence-corrected chi connectivity index (χ3v) is 2.70. The summed E-state index contributed by atoms with van der Waals surface area (Å²) < 4.78 is 10.1. The Balaban J connectivity index is 3.05. The van der Waals surface area contributed by atoms with Gasteiger partial charge >= 0.3 is 0 Å². The molecule has 0 heterocycles. The molecule has 1 aromatic carbocycles. The van der Waals surface area contributed by atoms with Crippen LogP contribution < -0.4 is 4.74 Å². The molecule has 1 atom stereocenters. The maximum Gasteiger partial charge on any atom is 0.156 e. The van der Waals surface area contributed by atoms with Gasteiger partial charge in [0.25, 0.3) is 0 Å². The highest BCUT2D eigenvalue weighted by Gasteiger charge is 2.23. The van der Waals surface area contributed by atoms with E-state index < -0.39 is 5.92 Å². The number of carbonyl (C=O) groups is 1. The quantitative estimate of drug-likeness (QED) is 0.773. The second-order valence-corrected chi connectivity index (χ2v) is 4.02. The fourth-order valence-electron chi connectivity index (χ4n) is 1.74. The fourth-order valence-corrected chi connectivity index (χ4v) is 1.74. The summed E-state index contributed by atoms with van der Waals surface area (Å²) in [6.45, 7) is 2.24. The first-order valence-corrected chi connectivity index (χ1v) is 5.69. The van der Waals surface area contributed by atoms with Crippen LogP contribution in [0.5, 0.6) is 5.75 Å². The third kappa shape index (κ3) is 3.31. The van der Waals surface area contributed by atoms with E-state index in [0.29, 0.717) is 17.9 Å². The molecular formula is C14H17NO3. The Labute approximate surface area is 107 Å². The van der Waals surface area contributed by atoms with E-state index in [1.54, 1.807) is 6.07 Å². The topological polar surface area (TPSA) is 59.3 Å². The molecule has 1 unspecified atom stereocenters. The number of rotatable bonds is 6. The molecule has 0 aliphatic rings. The van der Waals surface area contributed by atoms with Crippen LogP contribution in [0.25, 0.3) is 0 Å². The summed E-state index contributed by atoms with van der Waals surface area (Å²) in [5, 5.41) is 9.19. The van der Waals surface area contributed by atoms with Crippen LogP contribution in [-0.2, 0) is 9.53 Å². The molecule has 1 aromatic rings. The van der Waals surface area contributed by atoms with Crippen molar-refractivity contribution in [3.05, 3.63) is 29.3 Å². The smallest absolute Gasteiger partial charge is 0.156 e. The SMILES string of the molecule is COCCC(=O)C(C#N)c1cc(C)ccc1OC. The molecule has 0 bridgehead atoms. The van der Waals surface area contributed by atoms with Crippen LogP contribution in [0.15, 0.2) is 18.2 Å². The summed E-state index contributed by atoms with van der Waals surface area (Å²) in [7, 11) is 3.06. The summed E-state index contributed by atoms with van der Waals surface area (Å²) >= 11 is 0. The Bertz CT molecular complexity index is 463. The van der Waals surface area contributed by atoms with Crippen LogP contribution >= 0.6 is 0 Å². The number of ether oxygens (including phenoxy) is 2. The third-order valence-electron chi connectivity index (χ3n) is 2.70. The van der Waals surface area contributed by atoms with E-state index in [9.17, 15) is 10.1 Å². The van der Waals surface area contributed by atoms with E-state index in [2.05, 4.69) is 0 Å². The summed E-state index contributed by atoms with van der Waals surface area (Å²) in [6, 6.07) is 7.52. The van der Waals surface area contributed by atoms with Crippen LogP contribution in [0.2, 0.25) is 0 Å². The molecule has 4 nitrogen and oxygen atoms in total. The Morgan fingerprint density at radius 3 is 2.72 bits per heavy atom. The van der Waals surface area contributed by atoms with Crippen LogP contribution in [0.1, 0.15) is 23.5 Å². The van der Waals surface area contributed by atoms with Gasteiger partial charge in [-0.25, -0.2) is 0 Å². The zero-order valence-electron chi connectivity index (χ0n) is 10.9. The van der Waals surface area contributed by atoms with Gasteiger partial charge in [-0.15, -0.1) is 0 Å². The van der Waals surface area contributed by atoms with E-state index in [-0.39, 0.29) is 12.2 Å². The average Bonchev–Trinajstić information content (AvgIpc) is 2.37. The lowest BCUT2D eigenvalue weighted by atomic mass is 9.92. The normalized spacial score (nSPS) is 11.7. The van der Waals surface area contributed by atoms with Crippen LogP contribution in [0.3, 0.4) is 0 Å². The highest BCUT2D eigenvalue weighted by atomic mass is 16.5. The van der Waals surface area contributed by atoms with E-state index in [1.165, 1.54) is 14.2 Å². The number of Topliss-reactive ketones (excluding diaryl/α,β-unsaturated/α-hetero) is 1. The van der Waals surface area contributed by atoms with E-state index in [0.717, 1.165) is 5.56 Å². The number of hydrogen-bond donors (Lipinski definition) is 0. The molecule has 18 heavy (non-hydrogen) atoms. The summed E-state index contributed by atoms with van der Waals surface area (Å²) in [4.78, 5) is 12.0. The first-order valence-electron chi connectivity index (χ1n) is 5.69. The highest BCUT2D eigenvalue weighted by molar-refractivity contribution is 5.89. The molecule has 0 saturated carbocycles. The molecule has 0 aromatic heterocycles. The van der Waals surface area contributed by atoms with Gasteiger partial charge in [0.2, 0.25) is 0 Å². The van der Waals surface area contributed by atoms with Crippen molar-refractivity contribution in [2.24, 2.45) is 0 Å². The Hall–Kier alpha value is -1.86. The van der Waals surface area contributed by atoms with Gasteiger partial charge in [-0.2, -0.15) is 5.26 Å². The first-order chi connectivity index (χ1) is 8.63. The Morgan fingerprint density at radius 1 is 1.44 bits per heavy atom. The maximum absolute atomic E-state index is 12.0. The minimum atomic E-state index is -0.796. The molecule has 0 amide bonds. The maximum atomic E-state index is 12.0. The first kappa shape index (κ1) is 14.2. The zero-order chi connectivity index (χ0) is 13.5. The monoisotopic (exact) mass is 247 g/mol. The number of hydrogen-bond acceptors (Lipinski definition) is 4. The lowest BCUT2D eigenvalue weighted by molar-refractivity contribution is -0.120. The molecule has 4 heteroatoms. The van der Waals surface area contributed by atoms with E-state index in [4.69, 9.17) is 9.47 Å². The standard InChI is InChI=1S/C14H17NO3/c1-10-4-5-14(18-3)11(8-10)12(9-15)13(16)6-7-17-2/h4-5,8,12H,6-7H2,1-3H3. The number of benzene rings is 1. The fraction of sp³-hybridized carbons (Fsp3) is 0.429. The van der Waals surface area contributed by atoms with Crippen LogP contribution in [-0.4, -0.2) is 26.6 Å². The molecule has 0 aliphatic carbocycles. The second kappa shape index (κ2) is 6.77. The Morgan fingerprint density at radius 2 is 2.17 bits per heavy atom. The van der Waals surface area contributed by atoms with Crippen molar-refractivity contribution < 1.29 is 14.3 Å². The number of nitrogens with zero attached hydrogens (tertiary/aromatic N) is 1. The lowest BCUT2D eigenvalue weighted by Crippen LogP contribution is -2.14. The van der Waals surface area contributed by atoms with Crippen molar-refractivity contribution in [3.63, 3.8) is 0 Å². The second-order valence-electron chi connectivity index (χ2n) is 4.02. The van der Waals surface area contributed by atoms with Gasteiger partial charge in [-0.05, 0) is 13.0 Å². The molecule has 0 fully saturated rings. The van der Waals surface area contributed by atoms with Gasteiger partial charge in [-0.3, -0.25) is 4.79 Å². The minimum Gasteiger partial charge on any atom is -0.496 e. The summed E-state index contributed by atoms with van der Waals surface area (Å²) in [5.74, 6) is -0.379. The summed E-state index contributed by atoms with van der Waals surface area (Å²) in [6.07, 6.45) is 0.228. The minimum absolute atomic E-state index is 0.150. The predicted molar refractivity (Wildman–Crippen MR) is 67.6 cm³/mol. The predicted octanol–water partition coefficient (Wildman–Crippen LogP) is 2.22. The summed E-state index contributed by atoms with van der Waals surface area (Å²) in [5.41, 5.74) is 1.62. The molecule has 0 N–H and O–H groups in total. The number of methoxy groups -OCH3 is 2. The van der Waals surface area contributed by atoms with Gasteiger partial charge in [0.1, 0.15) is 11.7 Å². The van der Waals surface area contributed by atoms with Crippen molar-refractivity contribution in [1.82, 2.24) is 0 Å².